The van der Waals surface area contributed by atoms with Crippen LogP contribution in [0.4, 0.5) is 0 Å². The lowest BCUT2D eigenvalue weighted by molar-refractivity contribution is 0.467. The first-order chi connectivity index (χ1) is 7.08. The number of hydrogen-bond acceptors (Lipinski definition) is 5. The molecule has 0 aliphatic rings. The fourth-order valence-corrected chi connectivity index (χ4v) is 1.49. The first kappa shape index (κ1) is 13.8. The molecule has 0 atom stereocenters. The summed E-state index contributed by atoms with van der Waals surface area (Å²) in [5.74, 6) is 0. The first-order valence-electron chi connectivity index (χ1n) is 3.90. The summed E-state index contributed by atoms with van der Waals surface area (Å²) in [6, 6.07) is 1.05. The van der Waals surface area contributed by atoms with Crippen molar-refractivity contribution in [3.63, 3.8) is 0 Å². The molecule has 1 aromatic heterocycles. The number of alkyl halides is 3. The Morgan fingerprint density at radius 1 is 1.31 bits per heavy atom. The Hall–Kier alpha value is -0.300. The van der Waals surface area contributed by atoms with Crippen molar-refractivity contribution >= 4 is 44.9 Å². The summed E-state index contributed by atoms with van der Waals surface area (Å²) in [5, 5.41) is 0. The van der Waals surface area contributed by atoms with Gasteiger partial charge >= 0.3 is 16.1 Å². The Morgan fingerprint density at radius 2 is 1.88 bits per heavy atom. The van der Waals surface area contributed by atoms with Crippen LogP contribution < -0.4 is 4.18 Å². The zero-order valence-electron chi connectivity index (χ0n) is 8.24. The standard InChI is InChI=1S/C7H7Cl3N2O3S/c1-4-3-5(7(8,9)10)12-6(11-4)15-16(2,13)14/h3H,1-2H3. The predicted octanol–water partition coefficient (Wildman–Crippen LogP) is 1.95. The van der Waals surface area contributed by atoms with Crippen molar-refractivity contribution < 1.29 is 12.6 Å². The minimum Gasteiger partial charge on any atom is -0.343 e. The van der Waals surface area contributed by atoms with E-state index in [9.17, 15) is 8.42 Å². The van der Waals surface area contributed by atoms with Gasteiger partial charge in [0.25, 0.3) is 0 Å². The van der Waals surface area contributed by atoms with Crippen molar-refractivity contribution in [1.82, 2.24) is 9.97 Å². The zero-order valence-corrected chi connectivity index (χ0v) is 11.3. The Labute approximate surface area is 108 Å². The molecule has 0 fully saturated rings. The number of hydrogen-bond donors (Lipinski definition) is 0. The maximum Gasteiger partial charge on any atom is 0.333 e. The van der Waals surface area contributed by atoms with Crippen molar-refractivity contribution in [3.05, 3.63) is 17.5 Å². The third-order valence-electron chi connectivity index (χ3n) is 1.35. The normalized spacial score (nSPS) is 12.6. The monoisotopic (exact) mass is 304 g/mol. The van der Waals surface area contributed by atoms with Crippen molar-refractivity contribution in [1.29, 1.82) is 0 Å². The Kier molecular flexibility index (Phi) is 3.89. The number of halogens is 3. The molecule has 0 spiro atoms. The third-order valence-corrected chi connectivity index (χ3v) is 2.38. The zero-order chi connectivity index (χ0) is 12.6. The molecule has 0 aliphatic carbocycles. The minimum absolute atomic E-state index is 0.0450. The van der Waals surface area contributed by atoms with Crippen LogP contribution in [0.3, 0.4) is 0 Å². The van der Waals surface area contributed by atoms with Crippen LogP contribution in [0, 0.1) is 6.92 Å². The molecular weight excluding hydrogens is 299 g/mol. The van der Waals surface area contributed by atoms with E-state index in [0.717, 1.165) is 6.26 Å². The molecule has 0 aromatic carbocycles. The SMILES string of the molecule is Cc1cc(C(Cl)(Cl)Cl)nc(OS(C)(=O)=O)n1. The summed E-state index contributed by atoms with van der Waals surface area (Å²) in [7, 11) is -3.71. The Morgan fingerprint density at radius 3 is 2.31 bits per heavy atom. The van der Waals surface area contributed by atoms with Gasteiger partial charge in [0.15, 0.2) is 0 Å². The minimum atomic E-state index is -3.71. The summed E-state index contributed by atoms with van der Waals surface area (Å²) in [6.45, 7) is 1.59. The molecule has 1 rings (SSSR count). The van der Waals surface area contributed by atoms with Gasteiger partial charge in [-0.05, 0) is 13.0 Å². The van der Waals surface area contributed by atoms with Gasteiger partial charge in [0, 0.05) is 5.69 Å². The maximum absolute atomic E-state index is 10.9. The van der Waals surface area contributed by atoms with Crippen LogP contribution in [0.25, 0.3) is 0 Å². The highest BCUT2D eigenvalue weighted by atomic mass is 35.6. The van der Waals surface area contributed by atoms with Gasteiger partial charge in [-0.3, -0.25) is 0 Å². The second-order valence-corrected chi connectivity index (χ2v) is 6.82. The van der Waals surface area contributed by atoms with Crippen molar-refractivity contribution in [3.8, 4) is 6.01 Å². The molecule has 1 aromatic rings. The van der Waals surface area contributed by atoms with Gasteiger partial charge in [0.1, 0.15) is 0 Å². The van der Waals surface area contributed by atoms with E-state index in [1.807, 2.05) is 0 Å². The van der Waals surface area contributed by atoms with E-state index in [0.29, 0.717) is 5.69 Å². The van der Waals surface area contributed by atoms with Crippen LogP contribution in [0.2, 0.25) is 0 Å². The van der Waals surface area contributed by atoms with Crippen LogP contribution in [-0.4, -0.2) is 24.6 Å². The van der Waals surface area contributed by atoms with E-state index in [2.05, 4.69) is 14.2 Å². The highest BCUT2D eigenvalue weighted by Gasteiger charge is 2.26. The van der Waals surface area contributed by atoms with E-state index in [1.54, 1.807) is 6.92 Å². The van der Waals surface area contributed by atoms with E-state index in [4.69, 9.17) is 34.8 Å². The summed E-state index contributed by atoms with van der Waals surface area (Å²) in [4.78, 5) is 7.43. The highest BCUT2D eigenvalue weighted by molar-refractivity contribution is 7.86. The Balaban J connectivity index is 3.19. The lowest BCUT2D eigenvalue weighted by Crippen LogP contribution is -2.12. The lowest BCUT2D eigenvalue weighted by Gasteiger charge is -2.11. The van der Waals surface area contributed by atoms with E-state index in [1.165, 1.54) is 6.07 Å². The molecule has 0 radical (unpaired) electrons. The second-order valence-electron chi connectivity index (χ2n) is 2.96. The van der Waals surface area contributed by atoms with Gasteiger partial charge in [-0.2, -0.15) is 18.4 Å². The number of aryl methyl sites for hydroxylation is 1. The smallest absolute Gasteiger partial charge is 0.333 e. The van der Waals surface area contributed by atoms with Crippen molar-refractivity contribution in [2.75, 3.05) is 6.26 Å². The van der Waals surface area contributed by atoms with Crippen molar-refractivity contribution in [2.24, 2.45) is 0 Å². The molecule has 0 amide bonds. The van der Waals surface area contributed by atoms with Gasteiger partial charge in [-0.25, -0.2) is 0 Å². The molecule has 0 unspecified atom stereocenters. The van der Waals surface area contributed by atoms with Gasteiger partial charge in [-0.1, -0.05) is 34.8 Å². The first-order valence-corrected chi connectivity index (χ1v) is 6.85. The van der Waals surface area contributed by atoms with Gasteiger partial charge in [-0.15, -0.1) is 0 Å². The fraction of sp³-hybridized carbons (Fsp3) is 0.429. The quantitative estimate of drug-likeness (QED) is 0.617. The van der Waals surface area contributed by atoms with E-state index in [-0.39, 0.29) is 11.7 Å². The molecule has 9 heteroatoms. The predicted molar refractivity (Wildman–Crippen MR) is 61.5 cm³/mol. The number of nitrogens with zero attached hydrogens (tertiary/aromatic N) is 2. The molecule has 0 saturated heterocycles. The fourth-order valence-electron chi connectivity index (χ4n) is 0.859. The summed E-state index contributed by atoms with van der Waals surface area (Å²) >= 11 is 16.8. The van der Waals surface area contributed by atoms with Gasteiger partial charge < -0.3 is 4.18 Å². The summed E-state index contributed by atoms with van der Waals surface area (Å²) in [6.07, 6.45) is 0.869. The number of rotatable bonds is 2. The molecule has 0 N–H and O–H groups in total. The molecule has 0 saturated carbocycles. The van der Waals surface area contributed by atoms with Crippen LogP contribution in [-0.2, 0) is 13.9 Å². The van der Waals surface area contributed by atoms with E-state index >= 15 is 0 Å². The van der Waals surface area contributed by atoms with Crippen LogP contribution in [0.15, 0.2) is 6.07 Å². The summed E-state index contributed by atoms with van der Waals surface area (Å²) in [5.41, 5.74) is 0.471. The van der Waals surface area contributed by atoms with Crippen LogP contribution >= 0.6 is 34.8 Å². The molecule has 5 nitrogen and oxygen atoms in total. The van der Waals surface area contributed by atoms with Gasteiger partial charge in [0.05, 0.1) is 11.9 Å². The average molecular weight is 306 g/mol. The molecule has 90 valence electrons. The molecule has 1 heterocycles. The number of aromatic nitrogens is 2. The maximum atomic E-state index is 10.9. The average Bonchev–Trinajstić information content (AvgIpc) is 1.97. The summed E-state index contributed by atoms with van der Waals surface area (Å²) < 4.78 is 24.5. The molecular formula is C7H7Cl3N2O3S. The van der Waals surface area contributed by atoms with Gasteiger partial charge in [0.2, 0.25) is 3.79 Å². The largest absolute Gasteiger partial charge is 0.343 e. The van der Waals surface area contributed by atoms with Crippen LogP contribution in [0.1, 0.15) is 11.4 Å². The van der Waals surface area contributed by atoms with E-state index < -0.39 is 13.9 Å². The molecule has 0 bridgehead atoms. The Bertz CT molecular complexity index is 498. The topological polar surface area (TPSA) is 69.2 Å². The molecule has 0 aliphatic heterocycles. The highest BCUT2D eigenvalue weighted by Crippen LogP contribution is 2.37. The van der Waals surface area contributed by atoms with Crippen molar-refractivity contribution in [2.45, 2.75) is 10.7 Å². The third kappa shape index (κ3) is 4.29. The lowest BCUT2D eigenvalue weighted by atomic mass is 10.3. The molecule has 16 heavy (non-hydrogen) atoms. The van der Waals surface area contributed by atoms with Crippen LogP contribution in [0.5, 0.6) is 6.01 Å². The second kappa shape index (κ2) is 4.52.